The average molecular weight is 460 g/mol. The monoisotopic (exact) mass is 459 g/mol. The number of phenolic OH excluding ortho intramolecular Hbond substituents is 1. The van der Waals surface area contributed by atoms with Crippen molar-refractivity contribution in [2.75, 3.05) is 25.6 Å². The maximum Gasteiger partial charge on any atom is 0.202 e. The van der Waals surface area contributed by atoms with Gasteiger partial charge in [0.25, 0.3) is 0 Å². The molecular weight excluding hydrogens is 430 g/mol. The molecule has 0 bridgehead atoms. The standard InChI is InChI=1S/C24H29NO6S/c1-5-32-10-14-12-7-6-8-16(26)17(12)21(28)18-13(14)9-15-19(25(3)4)20(27)11(2)22(29)24(15,31)23(18)30/h6-8,13-15,19,26,28-29,31H,5,9-10H2,1-4H3. The second-order valence-electron chi connectivity index (χ2n) is 9.06. The zero-order valence-electron chi connectivity index (χ0n) is 18.6. The SMILES string of the molecule is CCSCC1c2cccc(O)c2C(O)=C2C(=O)C3(O)C(O)=C(C)C(=O)C(N(C)C)C3CC21. The van der Waals surface area contributed by atoms with Crippen LogP contribution in [-0.4, -0.2) is 74.1 Å². The molecule has 7 nitrogen and oxygen atoms in total. The van der Waals surface area contributed by atoms with Crippen molar-refractivity contribution in [1.29, 1.82) is 0 Å². The number of carbonyl (C=O) groups excluding carboxylic acids is 2. The molecule has 1 aromatic rings. The van der Waals surface area contributed by atoms with Gasteiger partial charge in [-0.2, -0.15) is 11.8 Å². The molecule has 0 heterocycles. The molecular formula is C24H29NO6S. The quantitative estimate of drug-likeness (QED) is 0.543. The zero-order chi connectivity index (χ0) is 23.5. The van der Waals surface area contributed by atoms with Crippen molar-refractivity contribution in [1.82, 2.24) is 4.90 Å². The van der Waals surface area contributed by atoms with E-state index >= 15 is 0 Å². The van der Waals surface area contributed by atoms with Gasteiger partial charge in [-0.05, 0) is 50.7 Å². The number of rotatable bonds is 4. The molecule has 0 aliphatic heterocycles. The molecule has 1 aromatic carbocycles. The highest BCUT2D eigenvalue weighted by Crippen LogP contribution is 2.56. The number of benzene rings is 1. The lowest BCUT2D eigenvalue weighted by atomic mass is 9.56. The Morgan fingerprint density at radius 2 is 1.88 bits per heavy atom. The van der Waals surface area contributed by atoms with Crippen LogP contribution < -0.4 is 0 Å². The Kier molecular flexibility index (Phi) is 5.68. The summed E-state index contributed by atoms with van der Waals surface area (Å²) in [5.41, 5.74) is -1.39. The summed E-state index contributed by atoms with van der Waals surface area (Å²) in [5.74, 6) is -2.28. The van der Waals surface area contributed by atoms with Crippen LogP contribution in [0.5, 0.6) is 5.75 Å². The highest BCUT2D eigenvalue weighted by molar-refractivity contribution is 7.99. The number of nitrogens with zero attached hydrogens (tertiary/aromatic N) is 1. The van der Waals surface area contributed by atoms with Crippen molar-refractivity contribution in [3.05, 3.63) is 46.2 Å². The van der Waals surface area contributed by atoms with Crippen molar-refractivity contribution < 1.29 is 30.0 Å². The topological polar surface area (TPSA) is 118 Å². The number of ketones is 2. The van der Waals surface area contributed by atoms with E-state index in [1.165, 1.54) is 13.0 Å². The van der Waals surface area contributed by atoms with E-state index in [2.05, 4.69) is 0 Å². The van der Waals surface area contributed by atoms with Crippen LogP contribution >= 0.6 is 11.8 Å². The summed E-state index contributed by atoms with van der Waals surface area (Å²) >= 11 is 1.68. The van der Waals surface area contributed by atoms with Gasteiger partial charge in [0, 0.05) is 28.7 Å². The molecule has 5 unspecified atom stereocenters. The molecule has 1 saturated carbocycles. The molecule has 5 atom stereocenters. The van der Waals surface area contributed by atoms with Crippen molar-refractivity contribution in [2.45, 2.75) is 37.8 Å². The third-order valence-corrected chi connectivity index (χ3v) is 8.25. The number of fused-ring (bicyclic) bond motifs is 3. The summed E-state index contributed by atoms with van der Waals surface area (Å²) < 4.78 is 0. The van der Waals surface area contributed by atoms with Crippen LogP contribution in [0.4, 0.5) is 0 Å². The normalized spacial score (nSPS) is 32.2. The molecule has 3 aliphatic rings. The van der Waals surface area contributed by atoms with Crippen molar-refractivity contribution in [3.8, 4) is 5.75 Å². The van der Waals surface area contributed by atoms with E-state index < -0.39 is 35.0 Å². The van der Waals surface area contributed by atoms with E-state index in [0.717, 1.165) is 11.3 Å². The van der Waals surface area contributed by atoms with Gasteiger partial charge in [0.2, 0.25) is 5.78 Å². The molecule has 0 radical (unpaired) electrons. The maximum absolute atomic E-state index is 13.8. The summed E-state index contributed by atoms with van der Waals surface area (Å²) in [4.78, 5) is 28.5. The Labute approximate surface area is 191 Å². The Hall–Kier alpha value is -2.29. The van der Waals surface area contributed by atoms with Crippen molar-refractivity contribution >= 4 is 29.1 Å². The lowest BCUT2D eigenvalue weighted by molar-refractivity contribution is -0.153. The second kappa shape index (κ2) is 7.93. The van der Waals surface area contributed by atoms with Gasteiger partial charge in [0.1, 0.15) is 17.3 Å². The van der Waals surface area contributed by atoms with Gasteiger partial charge >= 0.3 is 0 Å². The van der Waals surface area contributed by atoms with E-state index in [1.54, 1.807) is 36.8 Å². The summed E-state index contributed by atoms with van der Waals surface area (Å²) in [7, 11) is 3.43. The van der Waals surface area contributed by atoms with Gasteiger partial charge in [0.05, 0.1) is 11.6 Å². The first-order valence-electron chi connectivity index (χ1n) is 10.8. The number of thioether (sulfide) groups is 1. The number of Topliss-reactive ketones (excluding diaryl/α,β-unsaturated/α-hetero) is 2. The molecule has 1 fully saturated rings. The van der Waals surface area contributed by atoms with Gasteiger partial charge in [-0.3, -0.25) is 14.5 Å². The van der Waals surface area contributed by atoms with E-state index in [1.807, 2.05) is 13.0 Å². The zero-order valence-corrected chi connectivity index (χ0v) is 19.4. The van der Waals surface area contributed by atoms with Gasteiger partial charge in [-0.1, -0.05) is 19.1 Å². The molecule has 0 spiro atoms. The lowest BCUT2D eigenvalue weighted by Gasteiger charge is -2.51. The summed E-state index contributed by atoms with van der Waals surface area (Å²) in [6.45, 7) is 3.43. The minimum absolute atomic E-state index is 0.0191. The number of phenols is 1. The molecule has 4 N–H and O–H groups in total. The number of likely N-dealkylation sites (N-methyl/N-ethyl adjacent to an activating group) is 1. The van der Waals surface area contributed by atoms with Crippen LogP contribution in [0.15, 0.2) is 35.1 Å². The second-order valence-corrected chi connectivity index (χ2v) is 10.4. The number of aromatic hydroxyl groups is 1. The predicted octanol–water partition coefficient (Wildman–Crippen LogP) is 2.79. The van der Waals surface area contributed by atoms with E-state index in [-0.39, 0.29) is 46.3 Å². The van der Waals surface area contributed by atoms with Crippen LogP contribution in [0.1, 0.15) is 37.3 Å². The highest BCUT2D eigenvalue weighted by Gasteiger charge is 2.63. The average Bonchev–Trinajstić information content (AvgIpc) is 2.74. The van der Waals surface area contributed by atoms with E-state index in [9.17, 15) is 30.0 Å². The number of aliphatic hydroxyl groups excluding tert-OH is 2. The van der Waals surface area contributed by atoms with Crippen molar-refractivity contribution in [3.63, 3.8) is 0 Å². The fraction of sp³-hybridized carbons (Fsp3) is 0.500. The van der Waals surface area contributed by atoms with E-state index in [0.29, 0.717) is 5.75 Å². The third-order valence-electron chi connectivity index (χ3n) is 7.25. The van der Waals surface area contributed by atoms with Crippen LogP contribution in [0.2, 0.25) is 0 Å². The summed E-state index contributed by atoms with van der Waals surface area (Å²) in [5, 5.41) is 44.1. The Morgan fingerprint density at radius 1 is 1.19 bits per heavy atom. The molecule has 0 saturated heterocycles. The molecule has 32 heavy (non-hydrogen) atoms. The summed E-state index contributed by atoms with van der Waals surface area (Å²) in [6.07, 6.45) is 0.234. The molecule has 172 valence electrons. The number of carbonyl (C=O) groups is 2. The minimum atomic E-state index is -2.31. The molecule has 3 aliphatic carbocycles. The highest BCUT2D eigenvalue weighted by atomic mass is 32.2. The third kappa shape index (κ3) is 2.96. The van der Waals surface area contributed by atoms with Gasteiger partial charge in [0.15, 0.2) is 11.4 Å². The van der Waals surface area contributed by atoms with Crippen LogP contribution in [-0.2, 0) is 9.59 Å². The van der Waals surface area contributed by atoms with Gasteiger partial charge in [-0.25, -0.2) is 0 Å². The van der Waals surface area contributed by atoms with Crippen LogP contribution in [0.25, 0.3) is 5.76 Å². The predicted molar refractivity (Wildman–Crippen MR) is 123 cm³/mol. The van der Waals surface area contributed by atoms with Crippen LogP contribution in [0.3, 0.4) is 0 Å². The summed E-state index contributed by atoms with van der Waals surface area (Å²) in [6, 6.07) is 4.22. The molecule has 0 aromatic heterocycles. The number of aliphatic hydroxyl groups is 3. The number of hydrogen-bond acceptors (Lipinski definition) is 8. The smallest absolute Gasteiger partial charge is 0.202 e. The molecule has 8 heteroatoms. The fourth-order valence-electron chi connectivity index (χ4n) is 5.72. The number of hydrogen-bond donors (Lipinski definition) is 4. The first-order valence-corrected chi connectivity index (χ1v) is 11.9. The van der Waals surface area contributed by atoms with Crippen molar-refractivity contribution in [2.24, 2.45) is 11.8 Å². The van der Waals surface area contributed by atoms with Gasteiger partial charge < -0.3 is 20.4 Å². The largest absolute Gasteiger partial charge is 0.508 e. The Bertz CT molecular complexity index is 1060. The minimum Gasteiger partial charge on any atom is -0.508 e. The molecule has 4 rings (SSSR count). The Balaban J connectivity index is 1.97. The maximum atomic E-state index is 13.8. The lowest BCUT2D eigenvalue weighted by Crippen LogP contribution is -2.65. The van der Waals surface area contributed by atoms with E-state index in [4.69, 9.17) is 0 Å². The first kappa shape index (κ1) is 22.9. The van der Waals surface area contributed by atoms with Crippen LogP contribution in [0, 0.1) is 11.8 Å². The first-order chi connectivity index (χ1) is 15.1. The van der Waals surface area contributed by atoms with Gasteiger partial charge in [-0.15, -0.1) is 0 Å². The fourth-order valence-corrected chi connectivity index (χ4v) is 6.62. The molecule has 0 amide bonds. The Morgan fingerprint density at radius 3 is 2.50 bits per heavy atom.